The summed E-state index contributed by atoms with van der Waals surface area (Å²) in [6.45, 7) is 8.49. The van der Waals surface area contributed by atoms with Crippen molar-refractivity contribution in [1.29, 1.82) is 0 Å². The Morgan fingerprint density at radius 2 is 1.81 bits per heavy atom. The molecule has 3 nitrogen and oxygen atoms in total. The molecule has 0 saturated carbocycles. The van der Waals surface area contributed by atoms with E-state index in [1.165, 1.54) is 12.1 Å². The van der Waals surface area contributed by atoms with Gasteiger partial charge in [-0.05, 0) is 30.7 Å². The summed E-state index contributed by atoms with van der Waals surface area (Å²) < 4.78 is 26.8. The Morgan fingerprint density at radius 3 is 2.33 bits per heavy atom. The molecule has 0 aromatic heterocycles. The Morgan fingerprint density at radius 1 is 1.14 bits per heavy atom. The fourth-order valence-electron chi connectivity index (χ4n) is 3.63. The number of benzene rings is 1. The first-order chi connectivity index (χ1) is 10.2. The molecule has 0 aliphatic carbocycles. The van der Waals surface area contributed by atoms with E-state index in [1.807, 2.05) is 0 Å². The van der Waals surface area contributed by atoms with Crippen molar-refractivity contribution >= 4 is 0 Å². The summed E-state index contributed by atoms with van der Waals surface area (Å²) in [7, 11) is 0. The van der Waals surface area contributed by atoms with Gasteiger partial charge in [0.1, 0.15) is 11.6 Å². The van der Waals surface area contributed by atoms with Gasteiger partial charge in [0.05, 0.1) is 0 Å². The van der Waals surface area contributed by atoms with Crippen LogP contribution in [-0.2, 0) is 6.42 Å². The standard InChI is InChI=1S/C16H23F2N3/c1-2-19-15(9-12-7-13(17)10-14(18)8-12)16-11-20-3-5-21(16)6-4-20/h7-8,10,15-16,19H,2-6,9,11H2,1H3. The van der Waals surface area contributed by atoms with Crippen molar-refractivity contribution in [1.82, 2.24) is 15.1 Å². The topological polar surface area (TPSA) is 18.5 Å². The van der Waals surface area contributed by atoms with Gasteiger partial charge in [-0.2, -0.15) is 0 Å². The Bertz CT molecular complexity index is 466. The molecule has 0 amide bonds. The van der Waals surface area contributed by atoms with E-state index in [9.17, 15) is 8.78 Å². The Labute approximate surface area is 124 Å². The summed E-state index contributed by atoms with van der Waals surface area (Å²) in [4.78, 5) is 5.00. The predicted octanol–water partition coefficient (Wildman–Crippen LogP) is 1.49. The highest BCUT2D eigenvalue weighted by Gasteiger charge is 2.36. The highest BCUT2D eigenvalue weighted by atomic mass is 19.1. The molecule has 2 atom stereocenters. The van der Waals surface area contributed by atoms with Crippen LogP contribution >= 0.6 is 0 Å². The fraction of sp³-hybridized carbons (Fsp3) is 0.625. The lowest BCUT2D eigenvalue weighted by atomic mass is 9.94. The number of fused-ring (bicyclic) bond motifs is 3. The van der Waals surface area contributed by atoms with Crippen LogP contribution in [0.1, 0.15) is 12.5 Å². The van der Waals surface area contributed by atoms with Crippen molar-refractivity contribution in [2.75, 3.05) is 39.3 Å². The molecule has 3 fully saturated rings. The van der Waals surface area contributed by atoms with Gasteiger partial charge in [-0.25, -0.2) is 8.78 Å². The summed E-state index contributed by atoms with van der Waals surface area (Å²) in [6, 6.07) is 4.50. The average Bonchev–Trinajstić information content (AvgIpc) is 2.47. The van der Waals surface area contributed by atoms with Crippen LogP contribution in [0, 0.1) is 11.6 Å². The van der Waals surface area contributed by atoms with Gasteiger partial charge in [-0.1, -0.05) is 6.92 Å². The molecular weight excluding hydrogens is 272 g/mol. The van der Waals surface area contributed by atoms with Gasteiger partial charge < -0.3 is 5.32 Å². The van der Waals surface area contributed by atoms with E-state index in [1.54, 1.807) is 0 Å². The minimum absolute atomic E-state index is 0.235. The zero-order chi connectivity index (χ0) is 14.8. The molecule has 0 spiro atoms. The number of hydrogen-bond donors (Lipinski definition) is 1. The van der Waals surface area contributed by atoms with Crippen molar-refractivity contribution in [3.63, 3.8) is 0 Å². The summed E-state index contributed by atoms with van der Waals surface area (Å²) in [6.07, 6.45) is 0.664. The highest BCUT2D eigenvalue weighted by Crippen LogP contribution is 2.21. The summed E-state index contributed by atoms with van der Waals surface area (Å²) in [5, 5.41) is 3.51. The highest BCUT2D eigenvalue weighted by molar-refractivity contribution is 5.20. The lowest BCUT2D eigenvalue weighted by Crippen LogP contribution is -2.66. The van der Waals surface area contributed by atoms with Gasteiger partial charge in [0, 0.05) is 50.9 Å². The first-order valence-corrected chi connectivity index (χ1v) is 7.80. The Balaban J connectivity index is 1.75. The number of halogens is 2. The van der Waals surface area contributed by atoms with Crippen molar-refractivity contribution in [3.8, 4) is 0 Å². The number of likely N-dealkylation sites (N-methyl/N-ethyl adjacent to an activating group) is 1. The van der Waals surface area contributed by atoms with Gasteiger partial charge in [-0.3, -0.25) is 9.80 Å². The fourth-order valence-corrected chi connectivity index (χ4v) is 3.63. The first kappa shape index (κ1) is 14.9. The van der Waals surface area contributed by atoms with Crippen molar-refractivity contribution in [3.05, 3.63) is 35.4 Å². The molecular formula is C16H23F2N3. The lowest BCUT2D eigenvalue weighted by molar-refractivity contribution is -0.00290. The van der Waals surface area contributed by atoms with E-state index in [-0.39, 0.29) is 6.04 Å². The second kappa shape index (κ2) is 6.38. The molecule has 3 heterocycles. The molecule has 2 unspecified atom stereocenters. The molecule has 3 aliphatic rings. The second-order valence-corrected chi connectivity index (χ2v) is 6.05. The molecule has 2 bridgehead atoms. The van der Waals surface area contributed by atoms with Gasteiger partial charge in [0.25, 0.3) is 0 Å². The minimum Gasteiger partial charge on any atom is -0.312 e. The van der Waals surface area contributed by atoms with Crippen LogP contribution in [0.3, 0.4) is 0 Å². The van der Waals surface area contributed by atoms with Crippen LogP contribution in [0.25, 0.3) is 0 Å². The molecule has 21 heavy (non-hydrogen) atoms. The number of nitrogens with zero attached hydrogens (tertiary/aromatic N) is 2. The van der Waals surface area contributed by atoms with Crippen molar-refractivity contribution in [2.45, 2.75) is 25.4 Å². The molecule has 1 aromatic carbocycles. The monoisotopic (exact) mass is 295 g/mol. The number of rotatable bonds is 5. The first-order valence-electron chi connectivity index (χ1n) is 7.80. The van der Waals surface area contributed by atoms with E-state index in [0.29, 0.717) is 12.5 Å². The maximum atomic E-state index is 13.4. The van der Waals surface area contributed by atoms with Crippen LogP contribution in [0.5, 0.6) is 0 Å². The third-order valence-corrected chi connectivity index (χ3v) is 4.63. The van der Waals surface area contributed by atoms with Crippen LogP contribution in [0.15, 0.2) is 18.2 Å². The van der Waals surface area contributed by atoms with Crippen LogP contribution in [-0.4, -0.2) is 61.2 Å². The minimum atomic E-state index is -0.491. The summed E-state index contributed by atoms with van der Waals surface area (Å²) in [5.74, 6) is -0.982. The molecule has 1 aromatic rings. The third kappa shape index (κ3) is 3.42. The average molecular weight is 295 g/mol. The summed E-state index contributed by atoms with van der Waals surface area (Å²) in [5.41, 5.74) is 0.732. The summed E-state index contributed by atoms with van der Waals surface area (Å²) >= 11 is 0. The third-order valence-electron chi connectivity index (χ3n) is 4.63. The number of nitrogens with one attached hydrogen (secondary N) is 1. The normalized spacial score (nSPS) is 29.6. The molecule has 1 N–H and O–H groups in total. The van der Waals surface area contributed by atoms with Crippen molar-refractivity contribution < 1.29 is 8.78 Å². The lowest BCUT2D eigenvalue weighted by Gasteiger charge is -2.50. The quantitative estimate of drug-likeness (QED) is 0.888. The smallest absolute Gasteiger partial charge is 0.126 e. The van der Waals surface area contributed by atoms with E-state index < -0.39 is 11.6 Å². The number of piperazine rings is 3. The van der Waals surface area contributed by atoms with Gasteiger partial charge in [-0.15, -0.1) is 0 Å². The maximum absolute atomic E-state index is 13.4. The molecule has 4 rings (SSSR count). The van der Waals surface area contributed by atoms with E-state index >= 15 is 0 Å². The Kier molecular flexibility index (Phi) is 4.52. The Hall–Kier alpha value is -1.04. The van der Waals surface area contributed by atoms with Gasteiger partial charge >= 0.3 is 0 Å². The van der Waals surface area contributed by atoms with Crippen LogP contribution in [0.4, 0.5) is 8.78 Å². The SMILES string of the molecule is CCNC(Cc1cc(F)cc(F)c1)C1CN2CCN1CC2. The molecule has 3 aliphatic heterocycles. The number of hydrogen-bond acceptors (Lipinski definition) is 3. The zero-order valence-electron chi connectivity index (χ0n) is 12.5. The molecule has 3 saturated heterocycles. The van der Waals surface area contributed by atoms with E-state index in [2.05, 4.69) is 22.0 Å². The van der Waals surface area contributed by atoms with Crippen LogP contribution in [0.2, 0.25) is 0 Å². The van der Waals surface area contributed by atoms with Crippen LogP contribution < -0.4 is 5.32 Å². The molecule has 116 valence electrons. The zero-order valence-corrected chi connectivity index (χ0v) is 12.5. The molecule has 5 heteroatoms. The molecule has 0 radical (unpaired) electrons. The van der Waals surface area contributed by atoms with Gasteiger partial charge in [0.15, 0.2) is 0 Å². The van der Waals surface area contributed by atoms with E-state index in [0.717, 1.165) is 50.9 Å². The van der Waals surface area contributed by atoms with Crippen molar-refractivity contribution in [2.24, 2.45) is 0 Å². The largest absolute Gasteiger partial charge is 0.312 e. The maximum Gasteiger partial charge on any atom is 0.126 e. The second-order valence-electron chi connectivity index (χ2n) is 6.05. The van der Waals surface area contributed by atoms with E-state index in [4.69, 9.17) is 0 Å². The predicted molar refractivity (Wildman–Crippen MR) is 79.3 cm³/mol. The van der Waals surface area contributed by atoms with Gasteiger partial charge in [0.2, 0.25) is 0 Å².